The molecule has 0 unspecified atom stereocenters. The molecule has 2 fully saturated rings. The molecule has 30 heavy (non-hydrogen) atoms. The first kappa shape index (κ1) is 23.3. The van der Waals surface area contributed by atoms with Crippen LogP contribution in [-0.4, -0.2) is 53.8 Å². The van der Waals surface area contributed by atoms with Crippen molar-refractivity contribution in [1.82, 2.24) is 4.98 Å². The Morgan fingerprint density at radius 2 is 1.40 bits per heavy atom. The first-order chi connectivity index (χ1) is 14.1. The van der Waals surface area contributed by atoms with Gasteiger partial charge in [-0.25, -0.2) is 4.98 Å². The second-order valence-electron chi connectivity index (χ2n) is 10.4. The first-order valence-electron chi connectivity index (χ1n) is 11.3. The van der Waals surface area contributed by atoms with Crippen LogP contribution in [0.3, 0.4) is 0 Å². The van der Waals surface area contributed by atoms with Crippen LogP contribution < -0.4 is 9.47 Å². The Morgan fingerprint density at radius 1 is 0.800 bits per heavy atom. The largest absolute Gasteiger partial charge is 0.492 e. The third-order valence-electron chi connectivity index (χ3n) is 5.05. The minimum atomic E-state index is -0.0983. The maximum absolute atomic E-state index is 5.94. The Kier molecular flexibility index (Phi) is 7.64. The molecule has 0 saturated heterocycles. The van der Waals surface area contributed by atoms with Gasteiger partial charge in [-0.15, -0.1) is 0 Å². The van der Waals surface area contributed by atoms with Gasteiger partial charge in [0.05, 0.1) is 48.9 Å². The minimum absolute atomic E-state index is 0.0704. The Bertz CT molecular complexity index is 637. The summed E-state index contributed by atoms with van der Waals surface area (Å²) >= 11 is 0. The number of aromatic nitrogens is 1. The summed E-state index contributed by atoms with van der Waals surface area (Å²) in [5.41, 5.74) is -0.169. The predicted octanol–water partition coefficient (Wildman–Crippen LogP) is 4.94. The second-order valence-corrected chi connectivity index (χ2v) is 10.4. The molecule has 2 saturated carbocycles. The molecule has 1 aromatic rings. The molecule has 0 aromatic carbocycles. The number of hydrogen-bond donors (Lipinski definition) is 0. The van der Waals surface area contributed by atoms with Crippen molar-refractivity contribution >= 4 is 0 Å². The van der Waals surface area contributed by atoms with Crippen LogP contribution in [0.5, 0.6) is 11.6 Å². The summed E-state index contributed by atoms with van der Waals surface area (Å²) in [6, 6.07) is 3.78. The summed E-state index contributed by atoms with van der Waals surface area (Å²) in [7, 11) is 0. The fourth-order valence-corrected chi connectivity index (χ4v) is 3.65. The molecule has 2 aliphatic carbocycles. The third kappa shape index (κ3) is 8.05. The van der Waals surface area contributed by atoms with Gasteiger partial charge in [0, 0.05) is 25.3 Å². The van der Waals surface area contributed by atoms with Crippen LogP contribution in [-0.2, 0) is 14.2 Å². The average Bonchev–Trinajstić information content (AvgIpc) is 2.56. The molecule has 0 bridgehead atoms. The predicted molar refractivity (Wildman–Crippen MR) is 116 cm³/mol. The molecule has 2 aliphatic rings. The highest BCUT2D eigenvalue weighted by Gasteiger charge is 2.35. The van der Waals surface area contributed by atoms with Gasteiger partial charge in [-0.1, -0.05) is 0 Å². The van der Waals surface area contributed by atoms with E-state index in [-0.39, 0.29) is 23.4 Å². The van der Waals surface area contributed by atoms with E-state index in [1.54, 1.807) is 6.20 Å². The van der Waals surface area contributed by atoms with E-state index in [0.717, 1.165) is 37.9 Å². The fraction of sp³-hybridized carbons (Fsp3) is 0.792. The molecule has 0 aliphatic heterocycles. The SMILES string of the molecule is CC(C)(C)OC1CC(OCCCOc2ccc(OC3CC(OC(C)(C)C)C3)nc2)C1. The Labute approximate surface area is 181 Å². The smallest absolute Gasteiger partial charge is 0.213 e. The molecule has 1 heterocycles. The van der Waals surface area contributed by atoms with Crippen LogP contribution in [0.15, 0.2) is 18.3 Å². The van der Waals surface area contributed by atoms with Crippen LogP contribution in [0, 0.1) is 0 Å². The molecule has 0 amide bonds. The average molecular weight is 422 g/mol. The number of ether oxygens (including phenoxy) is 5. The number of nitrogens with zero attached hydrogens (tertiary/aromatic N) is 1. The summed E-state index contributed by atoms with van der Waals surface area (Å²) in [5, 5.41) is 0. The standard InChI is InChI=1S/C24H39NO5/c1-23(2,3)29-20-12-18(13-20)27-11-7-10-26-17-8-9-22(25-16-17)28-19-14-21(15-19)30-24(4,5)6/h8-9,16,18-21H,7,10-15H2,1-6H3. The maximum atomic E-state index is 5.94. The van der Waals surface area contributed by atoms with Crippen molar-refractivity contribution in [2.24, 2.45) is 0 Å². The Hall–Kier alpha value is -1.37. The molecule has 0 N–H and O–H groups in total. The zero-order valence-electron chi connectivity index (χ0n) is 19.5. The molecule has 6 nitrogen and oxygen atoms in total. The zero-order chi connectivity index (χ0) is 21.8. The molecule has 0 radical (unpaired) electrons. The van der Waals surface area contributed by atoms with E-state index < -0.39 is 0 Å². The van der Waals surface area contributed by atoms with Crippen molar-refractivity contribution in [3.8, 4) is 11.6 Å². The highest BCUT2D eigenvalue weighted by Crippen LogP contribution is 2.31. The van der Waals surface area contributed by atoms with E-state index in [0.29, 0.717) is 31.3 Å². The van der Waals surface area contributed by atoms with Crippen LogP contribution in [0.1, 0.15) is 73.6 Å². The van der Waals surface area contributed by atoms with Gasteiger partial charge in [0.25, 0.3) is 0 Å². The van der Waals surface area contributed by atoms with Crippen LogP contribution in [0.25, 0.3) is 0 Å². The van der Waals surface area contributed by atoms with Gasteiger partial charge >= 0.3 is 0 Å². The third-order valence-corrected chi connectivity index (χ3v) is 5.05. The number of rotatable bonds is 10. The van der Waals surface area contributed by atoms with Gasteiger partial charge in [0.2, 0.25) is 5.88 Å². The summed E-state index contributed by atoms with van der Waals surface area (Å²) in [4.78, 5) is 4.35. The summed E-state index contributed by atoms with van der Waals surface area (Å²) < 4.78 is 29.4. The first-order valence-corrected chi connectivity index (χ1v) is 11.3. The van der Waals surface area contributed by atoms with Gasteiger partial charge in [-0.05, 0) is 60.5 Å². The highest BCUT2D eigenvalue weighted by molar-refractivity contribution is 5.23. The van der Waals surface area contributed by atoms with E-state index in [2.05, 4.69) is 46.5 Å². The maximum Gasteiger partial charge on any atom is 0.213 e. The van der Waals surface area contributed by atoms with Crippen LogP contribution in [0.4, 0.5) is 0 Å². The zero-order valence-corrected chi connectivity index (χ0v) is 19.5. The minimum Gasteiger partial charge on any atom is -0.492 e. The van der Waals surface area contributed by atoms with E-state index in [9.17, 15) is 0 Å². The lowest BCUT2D eigenvalue weighted by molar-refractivity contribution is -0.149. The molecule has 3 rings (SSSR count). The van der Waals surface area contributed by atoms with Crippen LogP contribution in [0.2, 0.25) is 0 Å². The monoisotopic (exact) mass is 421 g/mol. The molecular weight excluding hydrogens is 382 g/mol. The molecule has 1 aromatic heterocycles. The van der Waals surface area contributed by atoms with Crippen molar-refractivity contribution in [1.29, 1.82) is 0 Å². The van der Waals surface area contributed by atoms with Gasteiger partial charge in [0.15, 0.2) is 0 Å². The second kappa shape index (κ2) is 9.84. The molecule has 6 heteroatoms. The molecule has 0 spiro atoms. The molecule has 0 atom stereocenters. The Morgan fingerprint density at radius 3 is 1.93 bits per heavy atom. The molecule has 170 valence electrons. The lowest BCUT2D eigenvalue weighted by Gasteiger charge is -2.39. The summed E-state index contributed by atoms with van der Waals surface area (Å²) in [5.74, 6) is 1.40. The topological polar surface area (TPSA) is 59.0 Å². The fourth-order valence-electron chi connectivity index (χ4n) is 3.65. The van der Waals surface area contributed by atoms with Crippen molar-refractivity contribution in [2.75, 3.05) is 13.2 Å². The van der Waals surface area contributed by atoms with Crippen molar-refractivity contribution in [3.05, 3.63) is 18.3 Å². The number of hydrogen-bond acceptors (Lipinski definition) is 6. The van der Waals surface area contributed by atoms with Gasteiger partial charge in [-0.3, -0.25) is 0 Å². The van der Waals surface area contributed by atoms with E-state index in [1.165, 1.54) is 0 Å². The highest BCUT2D eigenvalue weighted by atomic mass is 16.5. The van der Waals surface area contributed by atoms with Crippen LogP contribution >= 0.6 is 0 Å². The summed E-state index contributed by atoms with van der Waals surface area (Å²) in [6.07, 6.45) is 7.55. The lowest BCUT2D eigenvalue weighted by atomic mass is 9.91. The van der Waals surface area contributed by atoms with Crippen molar-refractivity contribution in [2.45, 2.75) is 109 Å². The van der Waals surface area contributed by atoms with E-state index >= 15 is 0 Å². The summed E-state index contributed by atoms with van der Waals surface area (Å²) in [6.45, 7) is 13.9. The number of pyridine rings is 1. The molecular formula is C24H39NO5. The van der Waals surface area contributed by atoms with Gasteiger partial charge < -0.3 is 23.7 Å². The van der Waals surface area contributed by atoms with Crippen molar-refractivity contribution < 1.29 is 23.7 Å². The van der Waals surface area contributed by atoms with Gasteiger partial charge in [0.1, 0.15) is 11.9 Å². The van der Waals surface area contributed by atoms with E-state index in [4.69, 9.17) is 23.7 Å². The lowest BCUT2D eigenvalue weighted by Crippen LogP contribution is -2.43. The Balaban J connectivity index is 1.22. The normalized spacial score (nSPS) is 26.6. The van der Waals surface area contributed by atoms with Gasteiger partial charge in [-0.2, -0.15) is 0 Å². The van der Waals surface area contributed by atoms with E-state index in [1.807, 2.05) is 12.1 Å². The quantitative estimate of drug-likeness (QED) is 0.499. The van der Waals surface area contributed by atoms with Crippen molar-refractivity contribution in [3.63, 3.8) is 0 Å².